The third-order valence-corrected chi connectivity index (χ3v) is 5.58. The summed E-state index contributed by atoms with van der Waals surface area (Å²) in [5.41, 5.74) is 1.12. The molecule has 0 bridgehead atoms. The summed E-state index contributed by atoms with van der Waals surface area (Å²) in [4.78, 5) is 0. The summed E-state index contributed by atoms with van der Waals surface area (Å²) in [7, 11) is -3.42. The summed E-state index contributed by atoms with van der Waals surface area (Å²) in [6.45, 7) is 2.08. The van der Waals surface area contributed by atoms with Crippen molar-refractivity contribution in [1.29, 1.82) is 0 Å². The highest BCUT2D eigenvalue weighted by molar-refractivity contribution is 7.91. The van der Waals surface area contributed by atoms with Crippen LogP contribution in [0.2, 0.25) is 4.34 Å². The number of sulfonamides is 1. The van der Waals surface area contributed by atoms with Gasteiger partial charge in [-0.15, -0.1) is 11.3 Å². The zero-order valence-electron chi connectivity index (χ0n) is 9.07. The molecule has 4 nitrogen and oxygen atoms in total. The van der Waals surface area contributed by atoms with Crippen molar-refractivity contribution in [2.75, 3.05) is 19.6 Å². The van der Waals surface area contributed by atoms with E-state index in [4.69, 9.17) is 11.6 Å². The number of halogens is 1. The summed E-state index contributed by atoms with van der Waals surface area (Å²) >= 11 is 6.79. The highest BCUT2D eigenvalue weighted by Gasteiger charge is 2.16. The number of hydrogen-bond acceptors (Lipinski definition) is 4. The van der Waals surface area contributed by atoms with Crippen LogP contribution in [0.1, 0.15) is 6.42 Å². The van der Waals surface area contributed by atoms with Gasteiger partial charge in [-0.1, -0.05) is 23.3 Å². The maximum absolute atomic E-state index is 11.9. The van der Waals surface area contributed by atoms with Gasteiger partial charge in [0.25, 0.3) is 0 Å². The molecule has 1 aliphatic rings. The monoisotopic (exact) mass is 292 g/mol. The first kappa shape index (κ1) is 13.0. The van der Waals surface area contributed by atoms with Crippen LogP contribution >= 0.6 is 22.9 Å². The van der Waals surface area contributed by atoms with Gasteiger partial charge >= 0.3 is 0 Å². The van der Waals surface area contributed by atoms with Crippen molar-refractivity contribution >= 4 is 33.0 Å². The summed E-state index contributed by atoms with van der Waals surface area (Å²) in [5, 5.41) is 3.18. The largest absolute Gasteiger partial charge is 0.313 e. The molecule has 0 amide bonds. The molecule has 0 saturated carbocycles. The smallest absolute Gasteiger partial charge is 0.250 e. The van der Waals surface area contributed by atoms with Crippen LogP contribution in [-0.4, -0.2) is 28.1 Å². The first-order valence-corrected chi connectivity index (χ1v) is 7.89. The molecular formula is C10H13ClN2O2S2. The fourth-order valence-electron chi connectivity index (χ4n) is 1.53. The lowest BCUT2D eigenvalue weighted by Gasteiger charge is -2.14. The van der Waals surface area contributed by atoms with Crippen LogP contribution in [0.5, 0.6) is 0 Å². The van der Waals surface area contributed by atoms with Gasteiger partial charge in [0.2, 0.25) is 10.0 Å². The summed E-state index contributed by atoms with van der Waals surface area (Å²) in [6.07, 6.45) is 2.90. The molecule has 0 radical (unpaired) electrons. The Balaban J connectivity index is 2.00. The van der Waals surface area contributed by atoms with Crippen molar-refractivity contribution < 1.29 is 8.42 Å². The molecule has 2 N–H and O–H groups in total. The molecule has 0 aliphatic carbocycles. The van der Waals surface area contributed by atoms with E-state index >= 15 is 0 Å². The maximum Gasteiger partial charge on any atom is 0.250 e. The molecule has 1 aromatic rings. The van der Waals surface area contributed by atoms with Gasteiger partial charge in [0, 0.05) is 13.1 Å². The highest BCUT2D eigenvalue weighted by Crippen LogP contribution is 2.25. The van der Waals surface area contributed by atoms with Crippen LogP contribution in [0.3, 0.4) is 0 Å². The van der Waals surface area contributed by atoms with Gasteiger partial charge in [-0.25, -0.2) is 13.1 Å². The molecule has 0 atom stereocenters. The van der Waals surface area contributed by atoms with Crippen LogP contribution < -0.4 is 10.0 Å². The molecular weight excluding hydrogens is 280 g/mol. The summed E-state index contributed by atoms with van der Waals surface area (Å²) in [5.74, 6) is 0. The molecule has 94 valence electrons. The number of rotatable bonds is 4. The molecule has 1 aromatic heterocycles. The van der Waals surface area contributed by atoms with E-state index in [1.807, 2.05) is 6.08 Å². The molecule has 0 aromatic carbocycles. The Labute approximate surface area is 110 Å². The molecule has 7 heteroatoms. The molecule has 2 heterocycles. The van der Waals surface area contributed by atoms with Crippen molar-refractivity contribution in [2.24, 2.45) is 0 Å². The van der Waals surface area contributed by atoms with E-state index in [2.05, 4.69) is 10.0 Å². The van der Waals surface area contributed by atoms with Crippen LogP contribution in [-0.2, 0) is 10.0 Å². The Hall–Kier alpha value is -0.400. The van der Waals surface area contributed by atoms with Crippen molar-refractivity contribution in [3.63, 3.8) is 0 Å². The Kier molecular flexibility index (Phi) is 4.22. The second kappa shape index (κ2) is 5.49. The van der Waals surface area contributed by atoms with E-state index in [1.54, 1.807) is 6.07 Å². The zero-order valence-corrected chi connectivity index (χ0v) is 11.5. The van der Waals surface area contributed by atoms with Crippen LogP contribution in [0.4, 0.5) is 0 Å². The normalized spacial score (nSPS) is 16.9. The van der Waals surface area contributed by atoms with Gasteiger partial charge in [0.15, 0.2) is 0 Å². The SMILES string of the molecule is O=S(=O)(NCC1=CCNCC1)c1ccc(Cl)s1. The molecule has 17 heavy (non-hydrogen) atoms. The molecule has 2 rings (SSSR count). The first-order chi connectivity index (χ1) is 8.08. The second-order valence-electron chi connectivity index (χ2n) is 3.70. The molecule has 0 fully saturated rings. The van der Waals surface area contributed by atoms with Gasteiger partial charge < -0.3 is 5.32 Å². The lowest BCUT2D eigenvalue weighted by molar-refractivity contribution is 0.584. The van der Waals surface area contributed by atoms with Gasteiger partial charge in [0.05, 0.1) is 4.34 Å². The van der Waals surface area contributed by atoms with Crippen LogP contribution in [0.25, 0.3) is 0 Å². The zero-order chi connectivity index (χ0) is 12.3. The number of hydrogen-bond donors (Lipinski definition) is 2. The quantitative estimate of drug-likeness (QED) is 0.829. The van der Waals surface area contributed by atoms with E-state index < -0.39 is 10.0 Å². The first-order valence-electron chi connectivity index (χ1n) is 5.21. The van der Waals surface area contributed by atoms with Gasteiger partial charge in [-0.05, 0) is 25.1 Å². The minimum Gasteiger partial charge on any atom is -0.313 e. The molecule has 0 unspecified atom stereocenters. The van der Waals surface area contributed by atoms with E-state index in [0.717, 1.165) is 36.4 Å². The van der Waals surface area contributed by atoms with Crippen LogP contribution in [0.15, 0.2) is 28.0 Å². The third-order valence-electron chi connectivity index (χ3n) is 2.46. The van der Waals surface area contributed by atoms with E-state index in [1.165, 1.54) is 6.07 Å². The van der Waals surface area contributed by atoms with E-state index in [9.17, 15) is 8.42 Å². The molecule has 0 saturated heterocycles. The van der Waals surface area contributed by atoms with Gasteiger partial charge in [-0.2, -0.15) is 0 Å². The fraction of sp³-hybridized carbons (Fsp3) is 0.400. The Morgan fingerprint density at radius 3 is 2.88 bits per heavy atom. The third kappa shape index (κ3) is 3.53. The average Bonchev–Trinajstić information content (AvgIpc) is 2.76. The standard InChI is InChI=1S/C10H13ClN2O2S2/c11-9-1-2-10(16-9)17(14,15)13-7-8-3-5-12-6-4-8/h1-3,12-13H,4-7H2. The lowest BCUT2D eigenvalue weighted by atomic mass is 10.1. The average molecular weight is 293 g/mol. The maximum atomic E-state index is 11.9. The number of thiophene rings is 1. The summed E-state index contributed by atoms with van der Waals surface area (Å²) < 4.78 is 27.1. The van der Waals surface area contributed by atoms with E-state index in [0.29, 0.717) is 10.9 Å². The predicted molar refractivity (Wildman–Crippen MR) is 70.1 cm³/mol. The van der Waals surface area contributed by atoms with E-state index in [-0.39, 0.29) is 4.21 Å². The Morgan fingerprint density at radius 1 is 1.47 bits per heavy atom. The fourth-order valence-corrected chi connectivity index (χ4v) is 4.09. The predicted octanol–water partition coefficient (Wildman–Crippen LogP) is 1.60. The van der Waals surface area contributed by atoms with Crippen LogP contribution in [0, 0.1) is 0 Å². The lowest BCUT2D eigenvalue weighted by Crippen LogP contribution is -2.29. The Bertz CT molecular complexity index is 522. The highest BCUT2D eigenvalue weighted by atomic mass is 35.5. The Morgan fingerprint density at radius 2 is 2.29 bits per heavy atom. The van der Waals surface area contributed by atoms with Crippen molar-refractivity contribution in [3.8, 4) is 0 Å². The topological polar surface area (TPSA) is 58.2 Å². The van der Waals surface area contributed by atoms with Crippen molar-refractivity contribution in [1.82, 2.24) is 10.0 Å². The summed E-state index contributed by atoms with van der Waals surface area (Å²) in [6, 6.07) is 3.11. The minimum absolute atomic E-state index is 0.261. The van der Waals surface area contributed by atoms with Gasteiger partial charge in [0.1, 0.15) is 4.21 Å². The number of nitrogens with one attached hydrogen (secondary N) is 2. The molecule has 1 aliphatic heterocycles. The molecule has 0 spiro atoms. The van der Waals surface area contributed by atoms with Crippen molar-refractivity contribution in [3.05, 3.63) is 28.1 Å². The minimum atomic E-state index is -3.42. The van der Waals surface area contributed by atoms with Gasteiger partial charge in [-0.3, -0.25) is 0 Å². The van der Waals surface area contributed by atoms with Crippen molar-refractivity contribution in [2.45, 2.75) is 10.6 Å². The second-order valence-corrected chi connectivity index (χ2v) is 7.41.